The van der Waals surface area contributed by atoms with Crippen LogP contribution in [-0.2, 0) is 6.54 Å². The van der Waals surface area contributed by atoms with Crippen LogP contribution in [0, 0.1) is 13.8 Å². The third-order valence-electron chi connectivity index (χ3n) is 4.10. The van der Waals surface area contributed by atoms with Gasteiger partial charge in [-0.1, -0.05) is 6.07 Å². The smallest absolute Gasteiger partial charge is 0.387 e. The van der Waals surface area contributed by atoms with E-state index >= 15 is 0 Å². The van der Waals surface area contributed by atoms with Gasteiger partial charge in [0.1, 0.15) is 0 Å². The number of alkyl halides is 2. The van der Waals surface area contributed by atoms with Crippen LogP contribution in [0.4, 0.5) is 8.78 Å². The SMILES string of the molecule is CCOc1cc(CN(C)C(=O)c2nc3nc(C)cc(C)n3n2)ccc1OC(F)F. The lowest BCUT2D eigenvalue weighted by Crippen LogP contribution is -2.27. The van der Waals surface area contributed by atoms with E-state index in [0.29, 0.717) is 11.3 Å². The second kappa shape index (κ2) is 8.38. The van der Waals surface area contributed by atoms with Gasteiger partial charge in [-0.2, -0.15) is 13.8 Å². The van der Waals surface area contributed by atoms with E-state index in [2.05, 4.69) is 19.8 Å². The molecule has 0 radical (unpaired) electrons. The van der Waals surface area contributed by atoms with Crippen LogP contribution in [0.3, 0.4) is 0 Å². The summed E-state index contributed by atoms with van der Waals surface area (Å²) >= 11 is 0. The summed E-state index contributed by atoms with van der Waals surface area (Å²) < 4.78 is 36.4. The molecule has 0 unspecified atom stereocenters. The molecule has 0 fully saturated rings. The maximum Gasteiger partial charge on any atom is 0.387 e. The summed E-state index contributed by atoms with van der Waals surface area (Å²) in [6.45, 7) is 2.97. The number of carbonyl (C=O) groups is 1. The van der Waals surface area contributed by atoms with Crippen molar-refractivity contribution in [2.45, 2.75) is 33.9 Å². The van der Waals surface area contributed by atoms with Crippen LogP contribution in [0.25, 0.3) is 5.78 Å². The fraction of sp³-hybridized carbons (Fsp3) is 0.368. The lowest BCUT2D eigenvalue weighted by atomic mass is 10.2. The fourth-order valence-electron chi connectivity index (χ4n) is 2.89. The molecule has 0 N–H and O–H groups in total. The number of aryl methyl sites for hydroxylation is 2. The van der Waals surface area contributed by atoms with Crippen molar-refractivity contribution < 1.29 is 23.0 Å². The van der Waals surface area contributed by atoms with Crippen molar-refractivity contribution in [2.75, 3.05) is 13.7 Å². The molecule has 1 aromatic carbocycles. The minimum absolute atomic E-state index is 0.0244. The standard InChI is InChI=1S/C19H21F2N5O3/c1-5-28-15-9-13(6-7-14(15)29-18(20)21)10-25(4)17(27)16-23-19-22-11(2)8-12(3)26(19)24-16/h6-9,18H,5,10H2,1-4H3. The van der Waals surface area contributed by atoms with Crippen LogP contribution < -0.4 is 9.47 Å². The molecule has 2 heterocycles. The Morgan fingerprint density at radius 1 is 1.21 bits per heavy atom. The van der Waals surface area contributed by atoms with Gasteiger partial charge in [-0.15, -0.1) is 5.10 Å². The van der Waals surface area contributed by atoms with Gasteiger partial charge in [0, 0.05) is 25.0 Å². The average Bonchev–Trinajstić information content (AvgIpc) is 3.07. The van der Waals surface area contributed by atoms with E-state index in [1.807, 2.05) is 19.9 Å². The molecule has 0 spiro atoms. The first-order valence-electron chi connectivity index (χ1n) is 8.95. The van der Waals surface area contributed by atoms with Crippen molar-refractivity contribution in [1.29, 1.82) is 0 Å². The number of aromatic nitrogens is 4. The summed E-state index contributed by atoms with van der Waals surface area (Å²) in [7, 11) is 1.60. The third-order valence-corrected chi connectivity index (χ3v) is 4.10. The largest absolute Gasteiger partial charge is 0.490 e. The molecular weight excluding hydrogens is 384 g/mol. The fourth-order valence-corrected chi connectivity index (χ4v) is 2.89. The minimum Gasteiger partial charge on any atom is -0.490 e. The molecule has 0 aliphatic heterocycles. The Bertz CT molecular complexity index is 1040. The first kappa shape index (κ1) is 20.4. The van der Waals surface area contributed by atoms with Crippen molar-refractivity contribution in [2.24, 2.45) is 0 Å². The van der Waals surface area contributed by atoms with Gasteiger partial charge in [-0.25, -0.2) is 9.50 Å². The summed E-state index contributed by atoms with van der Waals surface area (Å²) in [6.07, 6.45) is 0. The number of ether oxygens (including phenoxy) is 2. The Labute approximate surface area is 166 Å². The van der Waals surface area contributed by atoms with Crippen LogP contribution in [-0.4, -0.2) is 50.7 Å². The second-order valence-corrected chi connectivity index (χ2v) is 6.44. The summed E-state index contributed by atoms with van der Waals surface area (Å²) in [5.74, 6) is 0.118. The number of nitrogens with zero attached hydrogens (tertiary/aromatic N) is 5. The molecule has 3 aromatic rings. The maximum atomic E-state index is 12.7. The van der Waals surface area contributed by atoms with Crippen molar-refractivity contribution in [3.8, 4) is 11.5 Å². The van der Waals surface area contributed by atoms with E-state index in [4.69, 9.17) is 4.74 Å². The van der Waals surface area contributed by atoms with Crippen LogP contribution in [0.2, 0.25) is 0 Å². The number of rotatable bonds is 7. The summed E-state index contributed by atoms with van der Waals surface area (Å²) in [4.78, 5) is 22.7. The highest BCUT2D eigenvalue weighted by Crippen LogP contribution is 2.30. The number of fused-ring (bicyclic) bond motifs is 1. The highest BCUT2D eigenvalue weighted by molar-refractivity contribution is 5.90. The first-order valence-corrected chi connectivity index (χ1v) is 8.95. The summed E-state index contributed by atoms with van der Waals surface area (Å²) in [6, 6.07) is 6.40. The van der Waals surface area contributed by atoms with Gasteiger partial charge < -0.3 is 14.4 Å². The second-order valence-electron chi connectivity index (χ2n) is 6.44. The van der Waals surface area contributed by atoms with Gasteiger partial charge in [0.05, 0.1) is 6.61 Å². The van der Waals surface area contributed by atoms with Gasteiger partial charge in [-0.3, -0.25) is 4.79 Å². The molecule has 0 saturated carbocycles. The monoisotopic (exact) mass is 405 g/mol. The quantitative estimate of drug-likeness (QED) is 0.601. The molecule has 0 bridgehead atoms. The first-order chi connectivity index (χ1) is 13.8. The van der Waals surface area contributed by atoms with Crippen LogP contribution in [0.5, 0.6) is 11.5 Å². The van der Waals surface area contributed by atoms with Gasteiger partial charge >= 0.3 is 6.61 Å². The number of benzene rings is 1. The highest BCUT2D eigenvalue weighted by Gasteiger charge is 2.20. The molecule has 0 aliphatic carbocycles. The number of carbonyl (C=O) groups excluding carboxylic acids is 1. The van der Waals surface area contributed by atoms with Gasteiger partial charge in [-0.05, 0) is 44.5 Å². The van der Waals surface area contributed by atoms with Gasteiger partial charge in [0.2, 0.25) is 5.82 Å². The minimum atomic E-state index is -2.95. The Morgan fingerprint density at radius 3 is 2.66 bits per heavy atom. The van der Waals surface area contributed by atoms with E-state index in [9.17, 15) is 13.6 Å². The number of amides is 1. The van der Waals surface area contributed by atoms with Crippen molar-refractivity contribution in [1.82, 2.24) is 24.5 Å². The van der Waals surface area contributed by atoms with Crippen molar-refractivity contribution >= 4 is 11.7 Å². The van der Waals surface area contributed by atoms with Crippen molar-refractivity contribution in [3.05, 3.63) is 47.0 Å². The number of halogens is 2. The summed E-state index contributed by atoms with van der Waals surface area (Å²) in [5.41, 5.74) is 2.28. The normalized spacial score (nSPS) is 11.1. The Balaban J connectivity index is 1.80. The highest BCUT2D eigenvalue weighted by atomic mass is 19.3. The molecule has 0 saturated heterocycles. The van der Waals surface area contributed by atoms with E-state index < -0.39 is 12.5 Å². The zero-order chi connectivity index (χ0) is 21.1. The number of hydrogen-bond acceptors (Lipinski definition) is 6. The average molecular weight is 405 g/mol. The van der Waals surface area contributed by atoms with Crippen LogP contribution >= 0.6 is 0 Å². The Kier molecular flexibility index (Phi) is 5.90. The molecule has 154 valence electrons. The molecule has 29 heavy (non-hydrogen) atoms. The van der Waals surface area contributed by atoms with E-state index in [-0.39, 0.29) is 30.5 Å². The topological polar surface area (TPSA) is 81.9 Å². The van der Waals surface area contributed by atoms with Crippen LogP contribution in [0.15, 0.2) is 24.3 Å². The molecule has 0 aliphatic rings. The Hall–Kier alpha value is -3.30. The zero-order valence-corrected chi connectivity index (χ0v) is 16.5. The molecule has 1 amide bonds. The van der Waals surface area contributed by atoms with Gasteiger partial charge in [0.25, 0.3) is 11.7 Å². The lowest BCUT2D eigenvalue weighted by molar-refractivity contribution is -0.0514. The molecule has 3 rings (SSSR count). The van der Waals surface area contributed by atoms with E-state index in [0.717, 1.165) is 11.4 Å². The van der Waals surface area contributed by atoms with Gasteiger partial charge in [0.15, 0.2) is 11.5 Å². The number of hydrogen-bond donors (Lipinski definition) is 0. The van der Waals surface area contributed by atoms with Crippen LogP contribution in [0.1, 0.15) is 34.5 Å². The molecular formula is C19H21F2N5O3. The third kappa shape index (κ3) is 4.58. The summed E-state index contributed by atoms with van der Waals surface area (Å²) in [5, 5.41) is 4.23. The molecule has 8 nitrogen and oxygen atoms in total. The zero-order valence-electron chi connectivity index (χ0n) is 16.5. The van der Waals surface area contributed by atoms with E-state index in [1.165, 1.54) is 15.5 Å². The molecule has 10 heteroatoms. The van der Waals surface area contributed by atoms with Crippen molar-refractivity contribution in [3.63, 3.8) is 0 Å². The lowest BCUT2D eigenvalue weighted by Gasteiger charge is -2.17. The Morgan fingerprint density at radius 2 is 1.97 bits per heavy atom. The van der Waals surface area contributed by atoms with E-state index in [1.54, 1.807) is 26.1 Å². The predicted molar refractivity (Wildman–Crippen MR) is 100 cm³/mol. The molecule has 0 atom stereocenters. The maximum absolute atomic E-state index is 12.7. The molecule has 2 aromatic heterocycles. The predicted octanol–water partition coefficient (Wildman–Crippen LogP) is 3.01.